The Kier molecular flexibility index (Phi) is 5.37. The van der Waals surface area contributed by atoms with Crippen LogP contribution in [0.25, 0.3) is 0 Å². The van der Waals surface area contributed by atoms with E-state index >= 15 is 0 Å². The number of morpholine rings is 1. The lowest BCUT2D eigenvalue weighted by Gasteiger charge is -2.29. The van der Waals surface area contributed by atoms with Crippen LogP contribution in [0.5, 0.6) is 0 Å². The summed E-state index contributed by atoms with van der Waals surface area (Å²) in [6.45, 7) is 12.5. The minimum atomic E-state index is 0.513. The molecule has 0 spiro atoms. The maximum atomic E-state index is 5.37. The SMILES string of the molecule is Cc1cc(C)cc(CNC(C)CN2CCOCC2)c1. The van der Waals surface area contributed by atoms with Gasteiger partial charge in [-0.25, -0.2) is 0 Å². The van der Waals surface area contributed by atoms with Crippen molar-refractivity contribution in [2.75, 3.05) is 32.8 Å². The van der Waals surface area contributed by atoms with E-state index in [-0.39, 0.29) is 0 Å². The minimum absolute atomic E-state index is 0.513. The van der Waals surface area contributed by atoms with Gasteiger partial charge < -0.3 is 10.1 Å². The average Bonchev–Trinajstić information content (AvgIpc) is 2.36. The van der Waals surface area contributed by atoms with Crippen molar-refractivity contribution in [1.29, 1.82) is 0 Å². The molecule has 2 rings (SSSR count). The molecule has 1 unspecified atom stereocenters. The maximum absolute atomic E-state index is 5.37. The van der Waals surface area contributed by atoms with Crippen LogP contribution in [0.2, 0.25) is 0 Å². The van der Waals surface area contributed by atoms with Crippen LogP contribution in [0.3, 0.4) is 0 Å². The van der Waals surface area contributed by atoms with Gasteiger partial charge in [0.05, 0.1) is 13.2 Å². The average molecular weight is 262 g/mol. The molecule has 0 bridgehead atoms. The molecule has 1 aliphatic rings. The first-order valence-electron chi connectivity index (χ1n) is 7.24. The molecule has 0 aromatic heterocycles. The Morgan fingerprint density at radius 2 is 1.79 bits per heavy atom. The first-order chi connectivity index (χ1) is 9.13. The van der Waals surface area contributed by atoms with Gasteiger partial charge in [-0.3, -0.25) is 4.90 Å². The molecule has 0 aliphatic carbocycles. The molecule has 1 aromatic rings. The number of nitrogens with one attached hydrogen (secondary N) is 1. The summed E-state index contributed by atoms with van der Waals surface area (Å²) in [5.41, 5.74) is 4.07. The van der Waals surface area contributed by atoms with Crippen molar-refractivity contribution >= 4 is 0 Å². The van der Waals surface area contributed by atoms with Crippen molar-refractivity contribution in [2.24, 2.45) is 0 Å². The predicted molar refractivity (Wildman–Crippen MR) is 79.5 cm³/mol. The summed E-state index contributed by atoms with van der Waals surface area (Å²) in [4.78, 5) is 2.47. The van der Waals surface area contributed by atoms with Crippen LogP contribution in [0.1, 0.15) is 23.6 Å². The lowest BCUT2D eigenvalue weighted by molar-refractivity contribution is 0.0343. The van der Waals surface area contributed by atoms with Gasteiger partial charge in [0, 0.05) is 32.2 Å². The molecule has 1 atom stereocenters. The normalized spacial score (nSPS) is 18.5. The highest BCUT2D eigenvalue weighted by molar-refractivity contribution is 5.28. The van der Waals surface area contributed by atoms with E-state index in [0.29, 0.717) is 6.04 Å². The molecular weight excluding hydrogens is 236 g/mol. The maximum Gasteiger partial charge on any atom is 0.0594 e. The Morgan fingerprint density at radius 1 is 1.16 bits per heavy atom. The number of nitrogens with zero attached hydrogens (tertiary/aromatic N) is 1. The molecule has 1 aliphatic heterocycles. The number of benzene rings is 1. The molecule has 19 heavy (non-hydrogen) atoms. The van der Waals surface area contributed by atoms with Crippen molar-refractivity contribution in [3.05, 3.63) is 34.9 Å². The summed E-state index contributed by atoms with van der Waals surface area (Å²) >= 11 is 0. The summed E-state index contributed by atoms with van der Waals surface area (Å²) in [5, 5.41) is 3.62. The van der Waals surface area contributed by atoms with Gasteiger partial charge in [-0.05, 0) is 26.3 Å². The summed E-state index contributed by atoms with van der Waals surface area (Å²) in [5.74, 6) is 0. The lowest BCUT2D eigenvalue weighted by atomic mass is 10.1. The molecule has 3 nitrogen and oxygen atoms in total. The summed E-state index contributed by atoms with van der Waals surface area (Å²) in [7, 11) is 0. The standard InChI is InChI=1S/C16H26N2O/c1-13-8-14(2)10-16(9-13)11-17-15(3)12-18-4-6-19-7-5-18/h8-10,15,17H,4-7,11-12H2,1-3H3. The van der Waals surface area contributed by atoms with Crippen molar-refractivity contribution < 1.29 is 4.74 Å². The fraction of sp³-hybridized carbons (Fsp3) is 0.625. The van der Waals surface area contributed by atoms with Crippen LogP contribution in [0.4, 0.5) is 0 Å². The first kappa shape index (κ1) is 14.5. The fourth-order valence-electron chi connectivity index (χ4n) is 2.70. The van der Waals surface area contributed by atoms with Crippen LogP contribution < -0.4 is 5.32 Å². The summed E-state index contributed by atoms with van der Waals surface area (Å²) in [6, 6.07) is 7.27. The third-order valence-corrected chi connectivity index (χ3v) is 3.57. The highest BCUT2D eigenvalue weighted by Crippen LogP contribution is 2.09. The highest BCUT2D eigenvalue weighted by Gasteiger charge is 2.13. The third-order valence-electron chi connectivity index (χ3n) is 3.57. The van der Waals surface area contributed by atoms with Gasteiger partial charge in [-0.1, -0.05) is 29.3 Å². The van der Waals surface area contributed by atoms with E-state index in [9.17, 15) is 0 Å². The number of hydrogen-bond donors (Lipinski definition) is 1. The largest absolute Gasteiger partial charge is 0.379 e. The highest BCUT2D eigenvalue weighted by atomic mass is 16.5. The van der Waals surface area contributed by atoms with Crippen molar-refractivity contribution in [1.82, 2.24) is 10.2 Å². The van der Waals surface area contributed by atoms with E-state index in [2.05, 4.69) is 49.2 Å². The zero-order valence-corrected chi connectivity index (χ0v) is 12.4. The molecule has 0 saturated carbocycles. The van der Waals surface area contributed by atoms with Gasteiger partial charge in [-0.2, -0.15) is 0 Å². The molecule has 0 amide bonds. The summed E-state index contributed by atoms with van der Waals surface area (Å²) < 4.78 is 5.37. The van der Waals surface area contributed by atoms with Gasteiger partial charge in [-0.15, -0.1) is 0 Å². The molecule has 3 heteroatoms. The second kappa shape index (κ2) is 7.04. The van der Waals surface area contributed by atoms with Crippen LogP contribution in [-0.2, 0) is 11.3 Å². The molecule has 1 heterocycles. The van der Waals surface area contributed by atoms with Crippen LogP contribution >= 0.6 is 0 Å². The van der Waals surface area contributed by atoms with Crippen LogP contribution in [0, 0.1) is 13.8 Å². The second-order valence-corrected chi connectivity index (χ2v) is 5.69. The number of aryl methyl sites for hydroxylation is 2. The Balaban J connectivity index is 1.77. The monoisotopic (exact) mass is 262 g/mol. The summed E-state index contributed by atoms with van der Waals surface area (Å²) in [6.07, 6.45) is 0. The van der Waals surface area contributed by atoms with E-state index in [4.69, 9.17) is 4.74 Å². The lowest BCUT2D eigenvalue weighted by Crippen LogP contribution is -2.44. The van der Waals surface area contributed by atoms with E-state index in [0.717, 1.165) is 39.4 Å². The van der Waals surface area contributed by atoms with E-state index in [1.54, 1.807) is 0 Å². The minimum Gasteiger partial charge on any atom is -0.379 e. The number of rotatable bonds is 5. The predicted octanol–water partition coefficient (Wildman–Crippen LogP) is 2.11. The smallest absolute Gasteiger partial charge is 0.0594 e. The number of hydrogen-bond acceptors (Lipinski definition) is 3. The Bertz CT molecular complexity index is 379. The van der Waals surface area contributed by atoms with Gasteiger partial charge >= 0.3 is 0 Å². The van der Waals surface area contributed by atoms with Crippen LogP contribution in [0.15, 0.2) is 18.2 Å². The Morgan fingerprint density at radius 3 is 2.42 bits per heavy atom. The molecule has 1 saturated heterocycles. The molecule has 1 N–H and O–H groups in total. The number of ether oxygens (including phenoxy) is 1. The van der Waals surface area contributed by atoms with E-state index < -0.39 is 0 Å². The zero-order chi connectivity index (χ0) is 13.7. The van der Waals surface area contributed by atoms with E-state index in [1.165, 1.54) is 16.7 Å². The Hall–Kier alpha value is -0.900. The van der Waals surface area contributed by atoms with Crippen molar-refractivity contribution in [2.45, 2.75) is 33.4 Å². The third kappa shape index (κ3) is 4.94. The van der Waals surface area contributed by atoms with E-state index in [1.807, 2.05) is 0 Å². The quantitative estimate of drug-likeness (QED) is 0.879. The first-order valence-corrected chi connectivity index (χ1v) is 7.24. The van der Waals surface area contributed by atoms with Gasteiger partial charge in [0.1, 0.15) is 0 Å². The Labute approximate surface area is 116 Å². The second-order valence-electron chi connectivity index (χ2n) is 5.69. The van der Waals surface area contributed by atoms with Gasteiger partial charge in [0.2, 0.25) is 0 Å². The van der Waals surface area contributed by atoms with Crippen molar-refractivity contribution in [3.8, 4) is 0 Å². The molecule has 0 radical (unpaired) electrons. The fourth-order valence-corrected chi connectivity index (χ4v) is 2.70. The van der Waals surface area contributed by atoms with Gasteiger partial charge in [0.25, 0.3) is 0 Å². The van der Waals surface area contributed by atoms with Gasteiger partial charge in [0.15, 0.2) is 0 Å². The topological polar surface area (TPSA) is 24.5 Å². The van der Waals surface area contributed by atoms with Crippen LogP contribution in [-0.4, -0.2) is 43.8 Å². The molecule has 1 aromatic carbocycles. The van der Waals surface area contributed by atoms with Crippen molar-refractivity contribution in [3.63, 3.8) is 0 Å². The molecular formula is C16H26N2O. The zero-order valence-electron chi connectivity index (χ0n) is 12.4. The molecule has 106 valence electrons. The molecule has 1 fully saturated rings.